The highest BCUT2D eigenvalue weighted by molar-refractivity contribution is 5.69. The maximum Gasteiger partial charge on any atom is 0.306 e. The molecule has 0 aromatic carbocycles. The topological polar surface area (TPSA) is 95.1 Å². The molecule has 10 nitrogen and oxygen atoms in total. The highest BCUT2D eigenvalue weighted by Gasteiger charge is 2.60. The molecule has 4 fully saturated rings. The van der Waals surface area contributed by atoms with Gasteiger partial charge in [0, 0.05) is 83.6 Å². The third-order valence-corrected chi connectivity index (χ3v) is 17.0. The average Bonchev–Trinajstić information content (AvgIpc) is 3.62. The number of ether oxygens (including phenoxy) is 2. The van der Waals surface area contributed by atoms with Crippen LogP contribution in [0.2, 0.25) is 0 Å². The lowest BCUT2D eigenvalue weighted by Gasteiger charge is -2.61. The standard InChI is InChI=1S/C54H91N7O3/c1-40(2)14-12-15-41(3)49-19-20-50-48-18-17-42-34-47(21-25-53(42,4)51(48)22-26-54(49,50)5)64-52(62)16-13-33-63-39-55-27-10-11-28-56-43-23-29-57-44(35-43)37-60(8)31-32-61(9)38-45-36-46(59(6)7)24-30-58-45/h23-24,29-30,35-36,40-42,47-51,55H,10-22,25-28,31-34,37-39H2,1-9H3,(H,56,57). The van der Waals surface area contributed by atoms with Gasteiger partial charge in [-0.2, -0.15) is 0 Å². The van der Waals surface area contributed by atoms with E-state index in [0.29, 0.717) is 42.9 Å². The normalized spacial score (nSPS) is 28.2. The highest BCUT2D eigenvalue weighted by Crippen LogP contribution is 2.68. The van der Waals surface area contributed by atoms with Crippen molar-refractivity contribution in [2.75, 3.05) is 77.9 Å². The second-order valence-corrected chi connectivity index (χ2v) is 22.3. The maximum absolute atomic E-state index is 12.9. The number of esters is 1. The van der Waals surface area contributed by atoms with Crippen LogP contribution < -0.4 is 15.5 Å². The number of likely N-dealkylation sites (N-methyl/N-ethyl adjacent to an activating group) is 2. The maximum atomic E-state index is 12.9. The smallest absolute Gasteiger partial charge is 0.306 e. The molecular formula is C54H91N7O3. The quantitative estimate of drug-likeness (QED) is 0.0540. The molecule has 4 aliphatic carbocycles. The Balaban J connectivity index is 0.777. The first-order valence-electron chi connectivity index (χ1n) is 25.9. The number of carbonyl (C=O) groups is 1. The van der Waals surface area contributed by atoms with Crippen LogP contribution in [0.4, 0.5) is 11.4 Å². The molecule has 4 saturated carbocycles. The zero-order chi connectivity index (χ0) is 45.7. The zero-order valence-corrected chi connectivity index (χ0v) is 42.0. The second kappa shape index (κ2) is 24.3. The lowest BCUT2D eigenvalue weighted by atomic mass is 9.44. The zero-order valence-electron chi connectivity index (χ0n) is 42.0. The van der Waals surface area contributed by atoms with Crippen molar-refractivity contribution in [1.82, 2.24) is 25.1 Å². The van der Waals surface area contributed by atoms with Crippen molar-refractivity contribution in [3.05, 3.63) is 48.0 Å². The third kappa shape index (κ3) is 13.9. The van der Waals surface area contributed by atoms with Crippen molar-refractivity contribution in [2.45, 2.75) is 157 Å². The van der Waals surface area contributed by atoms with E-state index in [1.54, 1.807) is 0 Å². The summed E-state index contributed by atoms with van der Waals surface area (Å²) in [5, 5.41) is 6.97. The lowest BCUT2D eigenvalue weighted by molar-refractivity contribution is -0.163. The summed E-state index contributed by atoms with van der Waals surface area (Å²) >= 11 is 0. The first-order chi connectivity index (χ1) is 30.7. The minimum Gasteiger partial charge on any atom is -0.462 e. The van der Waals surface area contributed by atoms with Crippen molar-refractivity contribution in [3.8, 4) is 0 Å². The van der Waals surface area contributed by atoms with Crippen LogP contribution in [0.25, 0.3) is 0 Å². The summed E-state index contributed by atoms with van der Waals surface area (Å²) in [6.07, 6.45) is 23.3. The molecule has 2 aromatic heterocycles. The van der Waals surface area contributed by atoms with E-state index < -0.39 is 0 Å². The number of anilines is 2. The van der Waals surface area contributed by atoms with Gasteiger partial charge in [0.2, 0.25) is 0 Å². The van der Waals surface area contributed by atoms with Crippen molar-refractivity contribution >= 4 is 17.3 Å². The molecule has 6 rings (SSSR count). The minimum atomic E-state index is -0.0352. The van der Waals surface area contributed by atoms with Gasteiger partial charge in [-0.3, -0.25) is 29.9 Å². The molecule has 2 aromatic rings. The average molecular weight is 886 g/mol. The van der Waals surface area contributed by atoms with E-state index in [9.17, 15) is 4.79 Å². The van der Waals surface area contributed by atoms with Gasteiger partial charge in [-0.1, -0.05) is 53.9 Å². The molecule has 0 spiro atoms. The SMILES string of the molecule is CC(C)CCCC(C)C1CCC2C3CCC4CC(OC(=O)CCCOCNCCCCNc5ccnc(CN(C)CCN(C)Cc6cc(N(C)C)ccn6)c5)CCC4(C)C3CCC12C. The van der Waals surface area contributed by atoms with Gasteiger partial charge in [0.1, 0.15) is 6.10 Å². The summed E-state index contributed by atoms with van der Waals surface area (Å²) < 4.78 is 12.0. The fourth-order valence-corrected chi connectivity index (χ4v) is 13.3. The molecule has 9 atom stereocenters. The number of carbonyl (C=O) groups excluding carboxylic acids is 1. The predicted molar refractivity (Wildman–Crippen MR) is 264 cm³/mol. The number of hydrogen-bond acceptors (Lipinski definition) is 10. The van der Waals surface area contributed by atoms with Crippen LogP contribution in [0.3, 0.4) is 0 Å². The number of fused-ring (bicyclic) bond motifs is 5. The molecule has 4 aliphatic rings. The highest BCUT2D eigenvalue weighted by atomic mass is 16.5. The molecule has 2 N–H and O–H groups in total. The van der Waals surface area contributed by atoms with Crippen LogP contribution in [-0.4, -0.2) is 99.5 Å². The Morgan fingerprint density at radius 2 is 1.50 bits per heavy atom. The third-order valence-electron chi connectivity index (χ3n) is 17.0. The summed E-state index contributed by atoms with van der Waals surface area (Å²) in [6.45, 7) is 19.2. The molecule has 0 aliphatic heterocycles. The van der Waals surface area contributed by atoms with E-state index in [4.69, 9.17) is 9.47 Å². The number of nitrogens with zero attached hydrogens (tertiary/aromatic N) is 5. The molecule has 9 unspecified atom stereocenters. The van der Waals surface area contributed by atoms with Crippen LogP contribution in [0.15, 0.2) is 36.7 Å². The van der Waals surface area contributed by atoms with Crippen molar-refractivity contribution < 1.29 is 14.3 Å². The number of nitrogens with one attached hydrogen (secondary N) is 2. The van der Waals surface area contributed by atoms with Gasteiger partial charge in [-0.15, -0.1) is 0 Å². The summed E-state index contributed by atoms with van der Waals surface area (Å²) in [5.74, 6) is 5.98. The first-order valence-corrected chi connectivity index (χ1v) is 25.9. The van der Waals surface area contributed by atoms with Crippen LogP contribution in [0.1, 0.15) is 149 Å². The Labute approximate surface area is 390 Å². The lowest BCUT2D eigenvalue weighted by Crippen LogP contribution is -2.54. The van der Waals surface area contributed by atoms with Gasteiger partial charge >= 0.3 is 5.97 Å². The number of unbranched alkanes of at least 4 members (excludes halogenated alkanes) is 1. The molecule has 0 bridgehead atoms. The summed E-state index contributed by atoms with van der Waals surface area (Å²) in [7, 11) is 8.43. The van der Waals surface area contributed by atoms with E-state index in [-0.39, 0.29) is 12.1 Å². The Kier molecular flexibility index (Phi) is 19.2. The summed E-state index contributed by atoms with van der Waals surface area (Å²) in [6, 6.07) is 8.42. The molecule has 0 saturated heterocycles. The van der Waals surface area contributed by atoms with Crippen LogP contribution >= 0.6 is 0 Å². The van der Waals surface area contributed by atoms with Gasteiger partial charge in [-0.05, 0) is 174 Å². The van der Waals surface area contributed by atoms with Crippen molar-refractivity contribution in [2.24, 2.45) is 52.3 Å². The number of rotatable bonds is 26. The van der Waals surface area contributed by atoms with E-state index in [2.05, 4.69) is 110 Å². The minimum absolute atomic E-state index is 0.0352. The summed E-state index contributed by atoms with van der Waals surface area (Å²) in [4.78, 5) is 28.9. The number of aromatic nitrogens is 2. The molecule has 360 valence electrons. The molecule has 10 heteroatoms. The Morgan fingerprint density at radius 1 is 0.797 bits per heavy atom. The van der Waals surface area contributed by atoms with Gasteiger partial charge < -0.3 is 19.7 Å². The van der Waals surface area contributed by atoms with Gasteiger partial charge in [0.05, 0.1) is 18.1 Å². The number of pyridine rings is 2. The summed E-state index contributed by atoms with van der Waals surface area (Å²) in [5.41, 5.74) is 5.43. The van der Waals surface area contributed by atoms with Crippen molar-refractivity contribution in [3.63, 3.8) is 0 Å². The van der Waals surface area contributed by atoms with E-state index >= 15 is 0 Å². The van der Waals surface area contributed by atoms with Gasteiger partial charge in [0.25, 0.3) is 0 Å². The second-order valence-electron chi connectivity index (χ2n) is 22.3. The molecular weight excluding hydrogens is 795 g/mol. The monoisotopic (exact) mass is 886 g/mol. The fraction of sp³-hybridized carbons (Fsp3) is 0.796. The van der Waals surface area contributed by atoms with Crippen molar-refractivity contribution in [1.29, 1.82) is 0 Å². The Hall–Kier alpha value is -2.79. The van der Waals surface area contributed by atoms with E-state index in [1.165, 1.54) is 69.9 Å². The van der Waals surface area contributed by atoms with Crippen LogP contribution in [0.5, 0.6) is 0 Å². The Morgan fingerprint density at radius 3 is 2.25 bits per heavy atom. The molecule has 2 heterocycles. The molecule has 0 radical (unpaired) electrons. The van der Waals surface area contributed by atoms with E-state index in [1.807, 2.05) is 24.5 Å². The molecule has 0 amide bonds. The fourth-order valence-electron chi connectivity index (χ4n) is 13.3. The van der Waals surface area contributed by atoms with Crippen LogP contribution in [0, 0.1) is 52.3 Å². The van der Waals surface area contributed by atoms with Gasteiger partial charge in [0.15, 0.2) is 0 Å². The predicted octanol–water partition coefficient (Wildman–Crippen LogP) is 10.7. The molecule has 64 heavy (non-hydrogen) atoms. The first kappa shape index (κ1) is 50.6. The van der Waals surface area contributed by atoms with E-state index in [0.717, 1.165) is 118 Å². The largest absolute Gasteiger partial charge is 0.462 e. The number of hydrogen-bond donors (Lipinski definition) is 2. The van der Waals surface area contributed by atoms with Gasteiger partial charge in [-0.25, -0.2) is 0 Å². The Bertz CT molecular complexity index is 1710. The van der Waals surface area contributed by atoms with Crippen LogP contribution in [-0.2, 0) is 27.4 Å².